The number of hydrogen-bond donors (Lipinski definition) is 3. The fourth-order valence-corrected chi connectivity index (χ4v) is 2.22. The van der Waals surface area contributed by atoms with Crippen LogP contribution in [0, 0.1) is 0 Å². The third-order valence-electron chi connectivity index (χ3n) is 3.33. The van der Waals surface area contributed by atoms with Gasteiger partial charge in [-0.25, -0.2) is 4.79 Å². The number of aromatic amines is 1. The summed E-state index contributed by atoms with van der Waals surface area (Å²) in [6.45, 7) is 5.05. The first-order valence-corrected chi connectivity index (χ1v) is 7.43. The monoisotopic (exact) mass is 298 g/mol. The van der Waals surface area contributed by atoms with E-state index in [9.17, 15) is 9.59 Å². The highest BCUT2D eigenvalue weighted by Gasteiger charge is 2.16. The van der Waals surface area contributed by atoms with Crippen molar-refractivity contribution in [2.24, 2.45) is 0 Å². The van der Waals surface area contributed by atoms with E-state index < -0.39 is 11.2 Å². The first kappa shape index (κ1) is 17.3. The van der Waals surface area contributed by atoms with E-state index in [1.807, 2.05) is 6.92 Å². The maximum absolute atomic E-state index is 12.0. The lowest BCUT2D eigenvalue weighted by molar-refractivity contribution is 0.182. The topological polar surface area (TPSA) is 102 Å². The Kier molecular flexibility index (Phi) is 7.01. The van der Waals surface area contributed by atoms with Gasteiger partial charge in [0.25, 0.3) is 5.56 Å². The van der Waals surface area contributed by atoms with Gasteiger partial charge in [0, 0.05) is 19.7 Å². The van der Waals surface area contributed by atoms with E-state index in [-0.39, 0.29) is 17.5 Å². The molecule has 0 radical (unpaired) electrons. The Morgan fingerprint density at radius 3 is 2.62 bits per heavy atom. The van der Waals surface area contributed by atoms with Crippen molar-refractivity contribution >= 4 is 11.5 Å². The van der Waals surface area contributed by atoms with Gasteiger partial charge in [0.05, 0.1) is 6.61 Å². The number of aromatic nitrogens is 2. The molecule has 7 heteroatoms. The maximum Gasteiger partial charge on any atom is 0.330 e. The van der Waals surface area contributed by atoms with Gasteiger partial charge in [0.2, 0.25) is 0 Å². The predicted octanol–water partition coefficient (Wildman–Crippen LogP) is 1.15. The van der Waals surface area contributed by atoms with Crippen molar-refractivity contribution in [1.29, 1.82) is 0 Å². The fraction of sp³-hybridized carbons (Fsp3) is 0.714. The van der Waals surface area contributed by atoms with Crippen LogP contribution in [0.3, 0.4) is 0 Å². The molecule has 7 nitrogen and oxygen atoms in total. The van der Waals surface area contributed by atoms with Crippen molar-refractivity contribution in [2.45, 2.75) is 52.1 Å². The van der Waals surface area contributed by atoms with Crippen molar-refractivity contribution in [3.05, 3.63) is 20.8 Å². The van der Waals surface area contributed by atoms with Crippen LogP contribution < -0.4 is 22.3 Å². The van der Waals surface area contributed by atoms with Gasteiger partial charge in [0.1, 0.15) is 11.5 Å². The second-order valence-electron chi connectivity index (χ2n) is 5.11. The van der Waals surface area contributed by atoms with Gasteiger partial charge < -0.3 is 15.8 Å². The van der Waals surface area contributed by atoms with E-state index in [0.717, 1.165) is 25.7 Å². The van der Waals surface area contributed by atoms with E-state index in [1.54, 1.807) is 7.11 Å². The first-order chi connectivity index (χ1) is 10.0. The van der Waals surface area contributed by atoms with Gasteiger partial charge in [-0.1, -0.05) is 26.7 Å². The summed E-state index contributed by atoms with van der Waals surface area (Å²) in [7, 11) is 1.61. The number of H-pyrrole nitrogens is 1. The molecule has 0 aliphatic rings. The highest BCUT2D eigenvalue weighted by molar-refractivity contribution is 5.60. The van der Waals surface area contributed by atoms with Gasteiger partial charge in [-0.3, -0.25) is 14.3 Å². The number of nitrogens with one attached hydrogen (secondary N) is 2. The van der Waals surface area contributed by atoms with Crippen LogP contribution in [0.2, 0.25) is 0 Å². The molecular weight excluding hydrogens is 272 g/mol. The zero-order valence-corrected chi connectivity index (χ0v) is 13.1. The molecule has 0 amide bonds. The summed E-state index contributed by atoms with van der Waals surface area (Å²) in [6.07, 6.45) is 3.57. The highest BCUT2D eigenvalue weighted by atomic mass is 16.5. The molecule has 120 valence electrons. The van der Waals surface area contributed by atoms with Crippen molar-refractivity contribution in [3.63, 3.8) is 0 Å². The molecule has 0 saturated heterocycles. The molecule has 1 aromatic rings. The molecular formula is C14H26N4O3. The molecule has 0 aliphatic heterocycles. The molecule has 0 aliphatic carbocycles. The number of rotatable bonds is 9. The minimum absolute atomic E-state index is 0.0134. The van der Waals surface area contributed by atoms with Crippen LogP contribution in [0.4, 0.5) is 11.5 Å². The van der Waals surface area contributed by atoms with Crippen molar-refractivity contribution in [1.82, 2.24) is 9.55 Å². The fourth-order valence-electron chi connectivity index (χ4n) is 2.22. The number of nitrogens with two attached hydrogens (primary N) is 1. The van der Waals surface area contributed by atoms with Crippen LogP contribution in [-0.4, -0.2) is 29.3 Å². The molecule has 1 unspecified atom stereocenters. The lowest BCUT2D eigenvalue weighted by atomic mass is 10.2. The second-order valence-corrected chi connectivity index (χ2v) is 5.11. The van der Waals surface area contributed by atoms with Crippen LogP contribution in [0.15, 0.2) is 9.59 Å². The van der Waals surface area contributed by atoms with Gasteiger partial charge in [-0.2, -0.15) is 0 Å². The molecule has 1 heterocycles. The lowest BCUT2D eigenvalue weighted by Crippen LogP contribution is -2.37. The zero-order chi connectivity index (χ0) is 15.8. The Morgan fingerprint density at radius 2 is 2.05 bits per heavy atom. The van der Waals surface area contributed by atoms with Crippen molar-refractivity contribution in [2.75, 3.05) is 24.8 Å². The van der Waals surface area contributed by atoms with Crippen LogP contribution in [0.5, 0.6) is 0 Å². The average molecular weight is 298 g/mol. The molecule has 0 spiro atoms. The number of unbranched alkanes of at least 4 members (excludes halogenated alkanes) is 1. The Morgan fingerprint density at radius 1 is 1.33 bits per heavy atom. The molecule has 1 aromatic heterocycles. The highest BCUT2D eigenvalue weighted by Crippen LogP contribution is 2.14. The summed E-state index contributed by atoms with van der Waals surface area (Å²) in [5.74, 6) is 0.189. The average Bonchev–Trinajstić information content (AvgIpc) is 2.43. The maximum atomic E-state index is 12.0. The quantitative estimate of drug-likeness (QED) is 0.634. The van der Waals surface area contributed by atoms with E-state index in [4.69, 9.17) is 10.5 Å². The standard InChI is InChI=1S/C14H26N4O3/c1-4-6-8-18-12(15)11(13(19)17-14(18)20)16-10(7-5-2)9-21-3/h10,16H,4-9,15H2,1-3H3,(H,17,19,20). The Labute approximate surface area is 124 Å². The SMILES string of the molecule is CCCCn1c(N)c(NC(CCC)COC)c(=O)[nH]c1=O. The van der Waals surface area contributed by atoms with E-state index >= 15 is 0 Å². The molecule has 1 atom stereocenters. The molecule has 0 aromatic carbocycles. The van der Waals surface area contributed by atoms with Crippen LogP contribution in [0.1, 0.15) is 39.5 Å². The Hall–Kier alpha value is -1.76. The molecule has 4 N–H and O–H groups in total. The number of hydrogen-bond acceptors (Lipinski definition) is 5. The molecule has 1 rings (SSSR count). The minimum atomic E-state index is -0.484. The van der Waals surface area contributed by atoms with Crippen molar-refractivity contribution in [3.8, 4) is 0 Å². The van der Waals surface area contributed by atoms with Crippen LogP contribution in [0.25, 0.3) is 0 Å². The summed E-state index contributed by atoms with van der Waals surface area (Å²) >= 11 is 0. The smallest absolute Gasteiger partial charge is 0.330 e. The predicted molar refractivity (Wildman–Crippen MR) is 84.8 cm³/mol. The third-order valence-corrected chi connectivity index (χ3v) is 3.33. The summed E-state index contributed by atoms with van der Waals surface area (Å²) in [5.41, 5.74) is 5.31. The van der Waals surface area contributed by atoms with E-state index in [1.165, 1.54) is 4.57 Å². The number of nitrogen functional groups attached to an aromatic ring is 1. The minimum Gasteiger partial charge on any atom is -0.383 e. The number of anilines is 2. The largest absolute Gasteiger partial charge is 0.383 e. The second kappa shape index (κ2) is 8.51. The van der Waals surface area contributed by atoms with Crippen LogP contribution >= 0.6 is 0 Å². The van der Waals surface area contributed by atoms with Gasteiger partial charge in [0.15, 0.2) is 0 Å². The Balaban J connectivity index is 3.10. The zero-order valence-electron chi connectivity index (χ0n) is 13.1. The molecule has 0 saturated carbocycles. The third kappa shape index (κ3) is 4.63. The van der Waals surface area contributed by atoms with Gasteiger partial charge >= 0.3 is 5.69 Å². The number of methoxy groups -OCH3 is 1. The Bertz CT molecular complexity index is 544. The molecule has 21 heavy (non-hydrogen) atoms. The van der Waals surface area contributed by atoms with Gasteiger partial charge in [-0.05, 0) is 12.8 Å². The molecule has 0 fully saturated rings. The van der Waals surface area contributed by atoms with E-state index in [2.05, 4.69) is 17.2 Å². The van der Waals surface area contributed by atoms with E-state index in [0.29, 0.717) is 13.2 Å². The first-order valence-electron chi connectivity index (χ1n) is 7.43. The number of nitrogens with zero attached hydrogens (tertiary/aromatic N) is 1. The number of ether oxygens (including phenoxy) is 1. The summed E-state index contributed by atoms with van der Waals surface area (Å²) in [6, 6.07) is -0.0134. The molecule has 0 bridgehead atoms. The van der Waals surface area contributed by atoms with Gasteiger partial charge in [-0.15, -0.1) is 0 Å². The normalized spacial score (nSPS) is 12.3. The van der Waals surface area contributed by atoms with Crippen molar-refractivity contribution < 1.29 is 4.74 Å². The summed E-state index contributed by atoms with van der Waals surface area (Å²) < 4.78 is 6.55. The summed E-state index contributed by atoms with van der Waals surface area (Å²) in [4.78, 5) is 26.1. The summed E-state index contributed by atoms with van der Waals surface area (Å²) in [5, 5.41) is 3.11. The van der Waals surface area contributed by atoms with Crippen LogP contribution in [-0.2, 0) is 11.3 Å². The lowest BCUT2D eigenvalue weighted by Gasteiger charge is -2.20.